The molecule has 2 rings (SSSR count). The molecule has 0 saturated carbocycles. The van der Waals surface area contributed by atoms with Crippen molar-refractivity contribution in [3.8, 4) is 11.5 Å². The first kappa shape index (κ1) is 30.2. The summed E-state index contributed by atoms with van der Waals surface area (Å²) in [5, 5.41) is 11.9. The standard InChI is InChI=1S/C17H17N3O3.3ClH.Zn/c1-3-22-15-11-14(20-18)16(23-4-2)10-13(15)19-17(21)12-8-6-5-7-9-12;;;;/h5-11H,3-4H2,1-2H3;3*1H;/q;;;;+2/p-2. The first-order valence-electron chi connectivity index (χ1n) is 7.34. The van der Waals surface area contributed by atoms with E-state index in [0.717, 1.165) is 0 Å². The summed E-state index contributed by atoms with van der Waals surface area (Å²) < 4.78 is 10.9. The molecule has 27 heavy (non-hydrogen) atoms. The molecule has 0 aliphatic carbocycles. The largest absolute Gasteiger partial charge is 2.00 e. The Kier molecular flexibility index (Phi) is 17.3. The summed E-state index contributed by atoms with van der Waals surface area (Å²) in [5.41, 5.74) is 1.23. The fraction of sp³-hybridized carbons (Fsp3) is 0.235. The summed E-state index contributed by atoms with van der Waals surface area (Å²) in [6, 6.07) is 12.0. The third-order valence-corrected chi connectivity index (χ3v) is 3.05. The molecule has 142 valence electrons. The number of carbonyl (C=O) groups is 1. The number of benzene rings is 2. The van der Waals surface area contributed by atoms with Crippen LogP contribution in [0.25, 0.3) is 4.98 Å². The van der Waals surface area contributed by atoms with Crippen LogP contribution in [0, 0.1) is 5.39 Å². The maximum Gasteiger partial charge on any atom is 2.00 e. The van der Waals surface area contributed by atoms with E-state index in [9.17, 15) is 4.79 Å². The van der Waals surface area contributed by atoms with Crippen molar-refractivity contribution < 1.29 is 71.0 Å². The van der Waals surface area contributed by atoms with Gasteiger partial charge in [0.2, 0.25) is 11.1 Å². The van der Waals surface area contributed by atoms with Crippen molar-refractivity contribution in [1.82, 2.24) is 0 Å². The van der Waals surface area contributed by atoms with Gasteiger partial charge in [-0.3, -0.25) is 4.79 Å². The monoisotopic (exact) mass is 481 g/mol. The van der Waals surface area contributed by atoms with Gasteiger partial charge in [0.25, 0.3) is 5.91 Å². The van der Waals surface area contributed by atoms with Crippen molar-refractivity contribution in [2.45, 2.75) is 13.8 Å². The summed E-state index contributed by atoms with van der Waals surface area (Å²) in [6.07, 6.45) is 0. The minimum atomic E-state index is -0.261. The molecule has 1 amide bonds. The van der Waals surface area contributed by atoms with Crippen LogP contribution in [-0.2, 0) is 19.5 Å². The van der Waals surface area contributed by atoms with Crippen LogP contribution in [0.2, 0.25) is 0 Å². The molecular formula is C17H18Cl3N3O3Zn. The number of diazo groups is 1. The topological polar surface area (TPSA) is 75.7 Å². The number of rotatable bonds is 6. The molecule has 0 fully saturated rings. The first-order valence-corrected chi connectivity index (χ1v) is 7.34. The zero-order chi connectivity index (χ0) is 16.7. The fourth-order valence-corrected chi connectivity index (χ4v) is 2.06. The van der Waals surface area contributed by atoms with Crippen molar-refractivity contribution in [3.05, 3.63) is 53.0 Å². The van der Waals surface area contributed by atoms with Crippen molar-refractivity contribution in [2.24, 2.45) is 0 Å². The normalized spacial score (nSPS) is 8.33. The number of hydrogen-bond acceptors (Lipinski definition) is 4. The molecule has 6 nitrogen and oxygen atoms in total. The molecule has 0 aliphatic heterocycles. The van der Waals surface area contributed by atoms with Crippen LogP contribution < -0.4 is 52.0 Å². The Bertz CT molecular complexity index is 743. The first-order chi connectivity index (χ1) is 11.2. The molecule has 0 unspecified atom stereocenters. The van der Waals surface area contributed by atoms with Gasteiger partial charge in [-0.05, 0) is 26.0 Å². The van der Waals surface area contributed by atoms with Crippen molar-refractivity contribution in [1.29, 1.82) is 5.39 Å². The van der Waals surface area contributed by atoms with Gasteiger partial charge in [-0.2, -0.15) is 0 Å². The van der Waals surface area contributed by atoms with Crippen molar-refractivity contribution >= 4 is 17.3 Å². The molecule has 0 atom stereocenters. The van der Waals surface area contributed by atoms with Gasteiger partial charge < -0.3 is 52.0 Å². The predicted octanol–water partition coefficient (Wildman–Crippen LogP) is -4.77. The molecule has 0 saturated heterocycles. The minimum absolute atomic E-state index is 0. The van der Waals surface area contributed by atoms with Crippen LogP contribution in [0.1, 0.15) is 24.2 Å². The number of anilines is 1. The number of amides is 1. The van der Waals surface area contributed by atoms with E-state index in [1.807, 2.05) is 19.9 Å². The molecular weight excluding hydrogens is 466 g/mol. The Labute approximate surface area is 190 Å². The number of carbonyl (C=O) groups excluding carboxylic acids is 1. The van der Waals surface area contributed by atoms with Gasteiger partial charge in [0.1, 0.15) is 0 Å². The molecule has 0 heterocycles. The van der Waals surface area contributed by atoms with E-state index in [1.165, 1.54) is 6.07 Å². The third kappa shape index (κ3) is 8.32. The number of nitrogens with one attached hydrogen (secondary N) is 1. The zero-order valence-electron chi connectivity index (χ0n) is 14.9. The van der Waals surface area contributed by atoms with Gasteiger partial charge >= 0.3 is 25.2 Å². The van der Waals surface area contributed by atoms with E-state index < -0.39 is 0 Å². The maximum absolute atomic E-state index is 12.3. The maximum atomic E-state index is 12.3. The van der Waals surface area contributed by atoms with Crippen LogP contribution in [-0.4, -0.2) is 19.1 Å². The Balaban J connectivity index is -0.00000144. The van der Waals surface area contributed by atoms with E-state index in [2.05, 4.69) is 10.3 Å². The molecule has 0 radical (unpaired) electrons. The van der Waals surface area contributed by atoms with E-state index in [1.54, 1.807) is 30.3 Å². The molecule has 0 bridgehead atoms. The summed E-state index contributed by atoms with van der Waals surface area (Å²) in [6.45, 7) is 4.46. The third-order valence-electron chi connectivity index (χ3n) is 3.05. The summed E-state index contributed by atoms with van der Waals surface area (Å²) in [4.78, 5) is 15.5. The van der Waals surface area contributed by atoms with Crippen LogP contribution in [0.4, 0.5) is 11.4 Å². The van der Waals surface area contributed by atoms with Crippen LogP contribution >= 0.6 is 0 Å². The fourth-order valence-electron chi connectivity index (χ4n) is 2.06. The summed E-state index contributed by atoms with van der Waals surface area (Å²) in [7, 11) is 0. The van der Waals surface area contributed by atoms with E-state index in [0.29, 0.717) is 36.0 Å². The van der Waals surface area contributed by atoms with E-state index >= 15 is 0 Å². The quantitative estimate of drug-likeness (QED) is 0.331. The van der Waals surface area contributed by atoms with Gasteiger partial charge in [-0.1, -0.05) is 18.2 Å². The van der Waals surface area contributed by atoms with Crippen molar-refractivity contribution in [3.63, 3.8) is 0 Å². The van der Waals surface area contributed by atoms with Crippen LogP contribution in [0.5, 0.6) is 11.5 Å². The van der Waals surface area contributed by atoms with Gasteiger partial charge in [0.15, 0.2) is 10.7 Å². The van der Waals surface area contributed by atoms with E-state index in [-0.39, 0.29) is 68.3 Å². The Morgan fingerprint density at radius 1 is 1.00 bits per heavy atom. The number of nitrogens with zero attached hydrogens (tertiary/aromatic N) is 2. The summed E-state index contributed by atoms with van der Waals surface area (Å²) in [5.74, 6) is 0.512. The molecule has 2 aromatic rings. The molecule has 0 aliphatic rings. The second-order valence-electron chi connectivity index (χ2n) is 4.60. The van der Waals surface area contributed by atoms with Gasteiger partial charge in [-0.25, -0.2) is 0 Å². The average molecular weight is 484 g/mol. The Morgan fingerprint density at radius 2 is 1.56 bits per heavy atom. The van der Waals surface area contributed by atoms with Crippen LogP contribution in [0.3, 0.4) is 0 Å². The Hall–Kier alpha value is -1.58. The van der Waals surface area contributed by atoms with Crippen LogP contribution in [0.15, 0.2) is 42.5 Å². The zero-order valence-corrected chi connectivity index (χ0v) is 20.2. The second kappa shape index (κ2) is 15.5. The predicted molar refractivity (Wildman–Crippen MR) is 87.9 cm³/mol. The molecule has 2 aromatic carbocycles. The average Bonchev–Trinajstić information content (AvgIpc) is 2.58. The minimum Gasteiger partial charge on any atom is -1.00 e. The molecule has 10 heteroatoms. The second-order valence-corrected chi connectivity index (χ2v) is 4.60. The smallest absolute Gasteiger partial charge is 1.00 e. The van der Waals surface area contributed by atoms with E-state index in [4.69, 9.17) is 14.9 Å². The number of ether oxygens (including phenoxy) is 2. The SMILES string of the molecule is CCOc1cc(NC(=O)c2ccccc2)c(OCC)cc1[N+]#N.[Cl-].[Cl-].[Cl-].[Zn+2]. The van der Waals surface area contributed by atoms with Gasteiger partial charge in [-0.15, -0.1) is 0 Å². The summed E-state index contributed by atoms with van der Waals surface area (Å²) >= 11 is 0. The number of halogens is 3. The van der Waals surface area contributed by atoms with Gasteiger partial charge in [0, 0.05) is 11.6 Å². The Morgan fingerprint density at radius 3 is 2.07 bits per heavy atom. The van der Waals surface area contributed by atoms with Crippen molar-refractivity contribution in [2.75, 3.05) is 18.5 Å². The molecule has 0 spiro atoms. The molecule has 0 aromatic heterocycles. The molecule has 1 N–H and O–H groups in total. The van der Waals surface area contributed by atoms with Gasteiger partial charge in [0.05, 0.1) is 25.0 Å². The number of hydrogen-bond donors (Lipinski definition) is 1.